The predicted octanol–water partition coefficient (Wildman–Crippen LogP) is 4.11. The first-order chi connectivity index (χ1) is 17.1. The number of para-hydroxylation sites is 3. The van der Waals surface area contributed by atoms with Crippen LogP contribution in [0.1, 0.15) is 41.6 Å². The maximum atomic E-state index is 13.5. The van der Waals surface area contributed by atoms with Gasteiger partial charge in [0, 0.05) is 0 Å². The van der Waals surface area contributed by atoms with Gasteiger partial charge in [0.2, 0.25) is 0 Å². The molecule has 174 valence electrons. The summed E-state index contributed by atoms with van der Waals surface area (Å²) in [7, 11) is 0. The van der Waals surface area contributed by atoms with Crippen molar-refractivity contribution in [3.8, 4) is 0 Å². The van der Waals surface area contributed by atoms with Crippen molar-refractivity contribution < 1.29 is 4.79 Å². The van der Waals surface area contributed by atoms with E-state index in [0.717, 1.165) is 65.8 Å². The molecule has 3 aromatic heterocycles. The number of aryl methyl sites for hydroxylation is 1. The van der Waals surface area contributed by atoms with Gasteiger partial charge in [0.15, 0.2) is 0 Å². The van der Waals surface area contributed by atoms with Gasteiger partial charge in [0.05, 0.1) is 0 Å². The second-order valence-electron chi connectivity index (χ2n) is 9.11. The molecule has 5 aromatic rings. The molecular weight excluding hydrogens is 437 g/mol. The van der Waals surface area contributed by atoms with Crippen molar-refractivity contribution in [2.45, 2.75) is 32.4 Å². The average Bonchev–Trinajstić information content (AvgIpc) is 3.45. The summed E-state index contributed by atoms with van der Waals surface area (Å²) < 4.78 is 4.01. The van der Waals surface area contributed by atoms with Crippen LogP contribution in [0.5, 0.6) is 0 Å². The number of hydrogen-bond donors (Lipinski definition) is 1. The molecule has 0 saturated carbocycles. The van der Waals surface area contributed by atoms with E-state index in [1.165, 1.54) is 0 Å². The number of piperidine rings is 1. The van der Waals surface area contributed by atoms with Crippen LogP contribution in [0, 0.1) is 0 Å². The maximum absolute atomic E-state index is 13.5. The van der Waals surface area contributed by atoms with E-state index in [1.807, 2.05) is 59.3 Å². The molecule has 0 unspecified atom stereocenters. The summed E-state index contributed by atoms with van der Waals surface area (Å²) in [6, 6.07) is 17.9. The van der Waals surface area contributed by atoms with Gasteiger partial charge in [0.25, 0.3) is 0 Å². The quantitative estimate of drug-likeness (QED) is 0.398. The number of nitrogens with zero attached hydrogens (tertiary/aromatic N) is 4. The first-order valence-electron chi connectivity index (χ1n) is 12.2. The number of ketones is 1. The average molecular weight is 463 g/mol. The number of carbonyl (C=O) groups excluding carboxylic acids is 1. The van der Waals surface area contributed by atoms with Crippen LogP contribution in [0.25, 0.3) is 21.9 Å². The Morgan fingerprint density at radius 2 is 1.83 bits per heavy atom. The number of imidazole rings is 1. The predicted molar refractivity (Wildman–Crippen MR) is 140 cm³/mol. The molecule has 1 aliphatic rings. The van der Waals surface area contributed by atoms with E-state index >= 15 is 0 Å². The van der Waals surface area contributed by atoms with Crippen molar-refractivity contribution in [2.75, 3.05) is 18.0 Å². The van der Waals surface area contributed by atoms with Crippen LogP contribution in [0.15, 0.2) is 71.7 Å². The van der Waals surface area contributed by atoms with Crippen molar-refractivity contribution in [2.24, 2.45) is 0 Å². The Balaban J connectivity index is 1.24. The van der Waals surface area contributed by atoms with E-state index in [2.05, 4.69) is 32.4 Å². The normalized spacial score (nSPS) is 14.6. The Labute approximate surface area is 203 Å². The zero-order valence-corrected chi connectivity index (χ0v) is 19.6. The Kier molecular flexibility index (Phi) is 5.36. The number of aromatic amines is 1. The Hall–Kier alpha value is -3.94. The molecule has 7 nitrogen and oxygen atoms in total. The zero-order valence-electron chi connectivity index (χ0n) is 19.6. The number of aromatic nitrogens is 4. The molecular formula is C27H26BN5O2. The second-order valence-corrected chi connectivity index (χ2v) is 9.11. The van der Waals surface area contributed by atoms with Gasteiger partial charge in [-0.3, -0.25) is 0 Å². The van der Waals surface area contributed by atoms with E-state index in [4.69, 9.17) is 0 Å². The number of anilines is 1. The molecule has 0 atom stereocenters. The van der Waals surface area contributed by atoms with E-state index in [9.17, 15) is 9.59 Å². The van der Waals surface area contributed by atoms with Gasteiger partial charge in [-0.25, -0.2) is 0 Å². The third-order valence-electron chi connectivity index (χ3n) is 7.16. The molecule has 0 spiro atoms. The van der Waals surface area contributed by atoms with Crippen LogP contribution >= 0.6 is 0 Å². The Morgan fingerprint density at radius 1 is 1.09 bits per heavy atom. The summed E-state index contributed by atoms with van der Waals surface area (Å²) >= 11 is 0. The molecule has 1 fully saturated rings. The first kappa shape index (κ1) is 21.6. The molecule has 6 rings (SSSR count). The van der Waals surface area contributed by atoms with Crippen LogP contribution in [0.3, 0.4) is 0 Å². The molecule has 0 aliphatic carbocycles. The Morgan fingerprint density at radius 3 is 2.63 bits per heavy atom. The minimum atomic E-state index is -0.0541. The molecule has 0 bridgehead atoms. The van der Waals surface area contributed by atoms with Crippen molar-refractivity contribution in [1.82, 2.24) is 19.1 Å². The molecule has 1 aliphatic heterocycles. The third-order valence-corrected chi connectivity index (χ3v) is 7.16. The zero-order chi connectivity index (χ0) is 23.9. The van der Waals surface area contributed by atoms with Crippen molar-refractivity contribution in [1.29, 1.82) is 0 Å². The molecule has 1 saturated heterocycles. The van der Waals surface area contributed by atoms with Crippen LogP contribution in [0.2, 0.25) is 0 Å². The summed E-state index contributed by atoms with van der Waals surface area (Å²) in [4.78, 5) is 35.8. The molecule has 1 N–H and O–H groups in total. The van der Waals surface area contributed by atoms with Gasteiger partial charge in [-0.2, -0.15) is 0 Å². The summed E-state index contributed by atoms with van der Waals surface area (Å²) in [6.45, 7) is 6.23. The number of hydrogen-bond acceptors (Lipinski definition) is 4. The number of nitrogens with one attached hydrogen (secondary N) is 1. The molecule has 4 heterocycles. The molecule has 0 radical (unpaired) electrons. The summed E-state index contributed by atoms with van der Waals surface area (Å²) in [5.41, 5.74) is 4.20. The summed E-state index contributed by atoms with van der Waals surface area (Å²) in [5, 5.41) is 0.975. The van der Waals surface area contributed by atoms with Gasteiger partial charge in [0.1, 0.15) is 0 Å². The van der Waals surface area contributed by atoms with Crippen LogP contribution in [-0.4, -0.2) is 44.9 Å². The van der Waals surface area contributed by atoms with Crippen LogP contribution < -0.4 is 10.6 Å². The van der Waals surface area contributed by atoms with Gasteiger partial charge in [-0.1, -0.05) is 0 Å². The third kappa shape index (κ3) is 3.69. The van der Waals surface area contributed by atoms with Gasteiger partial charge >= 0.3 is 203 Å². The minimum absolute atomic E-state index is 0.0114. The van der Waals surface area contributed by atoms with E-state index in [1.54, 1.807) is 13.0 Å². The van der Waals surface area contributed by atoms with Crippen molar-refractivity contribution in [3.63, 3.8) is 0 Å². The van der Waals surface area contributed by atoms with Crippen LogP contribution in [-0.2, 0) is 6.54 Å². The topological polar surface area (TPSA) is 75.9 Å². The van der Waals surface area contributed by atoms with Gasteiger partial charge in [-0.05, 0) is 0 Å². The number of rotatable bonds is 5. The van der Waals surface area contributed by atoms with Crippen molar-refractivity contribution >= 4 is 40.4 Å². The monoisotopic (exact) mass is 463 g/mol. The molecule has 0 amide bonds. The fraction of sp³-hybridized carbons (Fsp3) is 0.259. The van der Waals surface area contributed by atoms with Crippen molar-refractivity contribution in [3.05, 3.63) is 88.4 Å². The first-order valence-corrected chi connectivity index (χ1v) is 12.2. The SMILES string of the molecule is CCn1cc(C(=O)c2bcnc(N3CCC(n4c(=O)[nH]c5ccccc54)CC3)c2)c2ccccc21. The van der Waals surface area contributed by atoms with Crippen LogP contribution in [0.4, 0.5) is 5.82 Å². The molecule has 35 heavy (non-hydrogen) atoms. The number of H-pyrrole nitrogens is 1. The van der Waals surface area contributed by atoms with Gasteiger partial charge in [-0.15, -0.1) is 0 Å². The number of fused-ring (bicyclic) bond motifs is 2. The second kappa shape index (κ2) is 8.69. The molecule has 2 aromatic carbocycles. The summed E-state index contributed by atoms with van der Waals surface area (Å²) in [5.74, 6) is 0.817. The Bertz CT molecular complexity index is 1610. The van der Waals surface area contributed by atoms with E-state index in [-0.39, 0.29) is 17.5 Å². The molecule has 8 heteroatoms. The fourth-order valence-corrected chi connectivity index (χ4v) is 5.37. The number of carbonyl (C=O) groups is 1. The summed E-state index contributed by atoms with van der Waals surface area (Å²) in [6.07, 6.45) is 5.35. The fourth-order valence-electron chi connectivity index (χ4n) is 5.37. The van der Waals surface area contributed by atoms with E-state index < -0.39 is 0 Å². The van der Waals surface area contributed by atoms with Gasteiger partial charge < -0.3 is 0 Å². The standard InChI is InChI=1S/C27H26BN5O2/c1-2-31-16-20(19-7-3-5-9-23(19)31)26(34)21-15-25(29-17-28-21)32-13-11-18(12-14-32)33-24-10-6-4-8-22(24)30-27(33)35/h3-10,15-18H,2,11-14H2,1H3,(H,30,35). The van der Waals surface area contributed by atoms with E-state index in [0.29, 0.717) is 5.46 Å². The number of benzene rings is 2.